The largest absolute Gasteiger partial charge is 0.497 e. The van der Waals surface area contributed by atoms with Crippen molar-refractivity contribution in [2.75, 3.05) is 13.7 Å². The van der Waals surface area contributed by atoms with Gasteiger partial charge in [-0.3, -0.25) is 4.79 Å². The van der Waals surface area contributed by atoms with Crippen molar-refractivity contribution in [2.24, 2.45) is 0 Å². The third kappa shape index (κ3) is 3.61. The third-order valence-electron chi connectivity index (χ3n) is 2.84. The molecule has 4 heteroatoms. The van der Waals surface area contributed by atoms with E-state index in [4.69, 9.17) is 9.47 Å². The Bertz CT molecular complexity index is 534. The van der Waals surface area contributed by atoms with E-state index in [-0.39, 0.29) is 0 Å². The zero-order valence-electron chi connectivity index (χ0n) is 10.9. The monoisotopic (exact) mass is 259 g/mol. The molecule has 0 amide bonds. The van der Waals surface area contributed by atoms with E-state index in [0.29, 0.717) is 12.3 Å². The van der Waals surface area contributed by atoms with Crippen LogP contribution in [-0.2, 0) is 6.54 Å². The summed E-state index contributed by atoms with van der Waals surface area (Å²) in [7, 11) is 1.63. The summed E-state index contributed by atoms with van der Waals surface area (Å²) in [6.45, 7) is 1.37. The average Bonchev–Trinajstić information content (AvgIpc) is 2.91. The summed E-state index contributed by atoms with van der Waals surface area (Å²) < 4.78 is 12.7. The van der Waals surface area contributed by atoms with Gasteiger partial charge in [0.2, 0.25) is 0 Å². The molecule has 2 aromatic rings. The molecule has 0 N–H and O–H groups in total. The molecule has 0 unspecified atom stereocenters. The SMILES string of the molecule is COc1cccc(OCCCn2cccc2C=O)c1. The fourth-order valence-corrected chi connectivity index (χ4v) is 1.85. The van der Waals surface area contributed by atoms with Gasteiger partial charge in [-0.25, -0.2) is 0 Å². The molecule has 1 aromatic heterocycles. The summed E-state index contributed by atoms with van der Waals surface area (Å²) in [5, 5.41) is 0. The lowest BCUT2D eigenvalue weighted by Crippen LogP contribution is -2.06. The molecule has 0 spiro atoms. The first kappa shape index (κ1) is 13.2. The minimum Gasteiger partial charge on any atom is -0.497 e. The number of carbonyl (C=O) groups excluding carboxylic acids is 1. The number of aromatic nitrogens is 1. The van der Waals surface area contributed by atoms with Crippen molar-refractivity contribution in [3.05, 3.63) is 48.3 Å². The number of hydrogen-bond acceptors (Lipinski definition) is 3. The maximum atomic E-state index is 10.7. The molecular formula is C15H17NO3. The van der Waals surface area contributed by atoms with Gasteiger partial charge in [0, 0.05) is 18.8 Å². The van der Waals surface area contributed by atoms with E-state index in [2.05, 4.69) is 0 Å². The third-order valence-corrected chi connectivity index (χ3v) is 2.84. The predicted molar refractivity (Wildman–Crippen MR) is 72.9 cm³/mol. The molecule has 0 bridgehead atoms. The van der Waals surface area contributed by atoms with Gasteiger partial charge in [0.1, 0.15) is 11.5 Å². The minimum atomic E-state index is 0.601. The Hall–Kier alpha value is -2.23. The van der Waals surface area contributed by atoms with Crippen molar-refractivity contribution >= 4 is 6.29 Å². The van der Waals surface area contributed by atoms with Gasteiger partial charge in [-0.15, -0.1) is 0 Å². The van der Waals surface area contributed by atoms with Gasteiger partial charge in [0.15, 0.2) is 6.29 Å². The van der Waals surface area contributed by atoms with Crippen LogP contribution in [0.25, 0.3) is 0 Å². The molecule has 0 saturated heterocycles. The Morgan fingerprint density at radius 3 is 2.84 bits per heavy atom. The highest BCUT2D eigenvalue weighted by Gasteiger charge is 2.00. The van der Waals surface area contributed by atoms with Crippen LogP contribution in [0.15, 0.2) is 42.6 Å². The first-order valence-corrected chi connectivity index (χ1v) is 6.20. The summed E-state index contributed by atoms with van der Waals surface area (Å²) in [4.78, 5) is 10.7. The van der Waals surface area contributed by atoms with Crippen molar-refractivity contribution in [1.29, 1.82) is 0 Å². The standard InChI is InChI=1S/C15H17NO3/c1-18-14-6-2-7-15(11-14)19-10-4-9-16-8-3-5-13(16)12-17/h2-3,5-8,11-12H,4,9-10H2,1H3. The van der Waals surface area contributed by atoms with E-state index in [1.54, 1.807) is 13.2 Å². The lowest BCUT2D eigenvalue weighted by Gasteiger charge is -2.09. The number of rotatable bonds is 7. The molecule has 1 aromatic carbocycles. The molecule has 0 aliphatic carbocycles. The lowest BCUT2D eigenvalue weighted by molar-refractivity contribution is 0.111. The normalized spacial score (nSPS) is 10.2. The van der Waals surface area contributed by atoms with Crippen LogP contribution in [0.5, 0.6) is 11.5 Å². The summed E-state index contributed by atoms with van der Waals surface area (Å²) in [6.07, 6.45) is 3.60. The Morgan fingerprint density at radius 1 is 1.21 bits per heavy atom. The Kier molecular flexibility index (Phi) is 4.61. The summed E-state index contributed by atoms with van der Waals surface area (Å²) in [5.41, 5.74) is 0.696. The molecule has 1 heterocycles. The van der Waals surface area contributed by atoms with Crippen LogP contribution in [0, 0.1) is 0 Å². The highest BCUT2D eigenvalue weighted by atomic mass is 16.5. The van der Waals surface area contributed by atoms with Crippen LogP contribution in [-0.4, -0.2) is 24.6 Å². The summed E-state index contributed by atoms with van der Waals surface area (Å²) >= 11 is 0. The number of nitrogens with zero attached hydrogens (tertiary/aromatic N) is 1. The Balaban J connectivity index is 1.79. The van der Waals surface area contributed by atoms with Crippen molar-refractivity contribution in [3.8, 4) is 11.5 Å². The number of carbonyl (C=O) groups is 1. The molecule has 0 atom stereocenters. The Labute approximate surface area is 112 Å². The van der Waals surface area contributed by atoms with Crippen LogP contribution in [0.2, 0.25) is 0 Å². The maximum Gasteiger partial charge on any atom is 0.166 e. The van der Waals surface area contributed by atoms with Crippen molar-refractivity contribution in [1.82, 2.24) is 4.57 Å². The first-order chi connectivity index (χ1) is 9.33. The summed E-state index contributed by atoms with van der Waals surface area (Å²) in [6, 6.07) is 11.2. The van der Waals surface area contributed by atoms with Crippen LogP contribution in [0.1, 0.15) is 16.9 Å². The van der Waals surface area contributed by atoms with Gasteiger partial charge in [-0.05, 0) is 30.7 Å². The molecule has 4 nitrogen and oxygen atoms in total. The van der Waals surface area contributed by atoms with Crippen molar-refractivity contribution in [3.63, 3.8) is 0 Å². The topological polar surface area (TPSA) is 40.5 Å². The second-order valence-electron chi connectivity index (χ2n) is 4.13. The minimum absolute atomic E-state index is 0.601. The van der Waals surface area contributed by atoms with E-state index < -0.39 is 0 Å². The number of methoxy groups -OCH3 is 1. The molecule has 100 valence electrons. The molecule has 19 heavy (non-hydrogen) atoms. The van der Waals surface area contributed by atoms with Crippen molar-refractivity contribution < 1.29 is 14.3 Å². The highest BCUT2D eigenvalue weighted by Crippen LogP contribution is 2.18. The molecule has 0 fully saturated rings. The predicted octanol–water partition coefficient (Wildman–Crippen LogP) is 2.78. The number of ether oxygens (including phenoxy) is 2. The van der Waals surface area contributed by atoms with Gasteiger partial charge < -0.3 is 14.0 Å². The fraction of sp³-hybridized carbons (Fsp3) is 0.267. The van der Waals surface area contributed by atoms with E-state index in [9.17, 15) is 4.79 Å². The first-order valence-electron chi connectivity index (χ1n) is 6.20. The Morgan fingerprint density at radius 2 is 2.05 bits per heavy atom. The van der Waals surface area contributed by atoms with Gasteiger partial charge in [0.25, 0.3) is 0 Å². The zero-order valence-corrected chi connectivity index (χ0v) is 10.9. The quantitative estimate of drug-likeness (QED) is 0.567. The maximum absolute atomic E-state index is 10.7. The van der Waals surface area contributed by atoms with E-state index in [0.717, 1.165) is 30.8 Å². The lowest BCUT2D eigenvalue weighted by atomic mass is 10.3. The number of aldehydes is 1. The number of hydrogen-bond donors (Lipinski definition) is 0. The second kappa shape index (κ2) is 6.64. The van der Waals surface area contributed by atoms with E-state index in [1.807, 2.05) is 41.1 Å². The van der Waals surface area contributed by atoms with E-state index in [1.165, 1.54) is 0 Å². The molecule has 0 aliphatic rings. The van der Waals surface area contributed by atoms with Crippen LogP contribution in [0.4, 0.5) is 0 Å². The molecular weight excluding hydrogens is 242 g/mol. The van der Waals surface area contributed by atoms with Gasteiger partial charge in [0.05, 0.1) is 19.4 Å². The molecule has 0 radical (unpaired) electrons. The van der Waals surface area contributed by atoms with Gasteiger partial charge in [-0.2, -0.15) is 0 Å². The van der Waals surface area contributed by atoms with Crippen LogP contribution in [0.3, 0.4) is 0 Å². The average molecular weight is 259 g/mol. The number of benzene rings is 1. The molecule has 0 saturated carbocycles. The van der Waals surface area contributed by atoms with Crippen molar-refractivity contribution in [2.45, 2.75) is 13.0 Å². The van der Waals surface area contributed by atoms with Crippen LogP contribution >= 0.6 is 0 Å². The second-order valence-corrected chi connectivity index (χ2v) is 4.13. The molecule has 0 aliphatic heterocycles. The van der Waals surface area contributed by atoms with Crippen LogP contribution < -0.4 is 9.47 Å². The van der Waals surface area contributed by atoms with Gasteiger partial charge in [-0.1, -0.05) is 6.07 Å². The van der Waals surface area contributed by atoms with Gasteiger partial charge >= 0.3 is 0 Å². The number of aryl methyl sites for hydroxylation is 1. The smallest absolute Gasteiger partial charge is 0.166 e. The zero-order chi connectivity index (χ0) is 13.5. The highest BCUT2D eigenvalue weighted by molar-refractivity contribution is 5.72. The van der Waals surface area contributed by atoms with E-state index >= 15 is 0 Å². The molecule has 2 rings (SSSR count). The summed E-state index contributed by atoms with van der Waals surface area (Å²) in [5.74, 6) is 1.58. The fourth-order valence-electron chi connectivity index (χ4n) is 1.85.